The van der Waals surface area contributed by atoms with E-state index in [1.54, 1.807) is 54.6 Å². The van der Waals surface area contributed by atoms with Crippen molar-refractivity contribution in [3.63, 3.8) is 0 Å². The average Bonchev–Trinajstić information content (AvgIpc) is 3.31. The first-order chi connectivity index (χ1) is 17.9. The fraction of sp³-hybridized carbons (Fsp3) is 0.0645. The van der Waals surface area contributed by atoms with E-state index < -0.39 is 5.63 Å². The van der Waals surface area contributed by atoms with Gasteiger partial charge in [-0.1, -0.05) is 48.0 Å². The Hall–Kier alpha value is -4.97. The number of nitrogens with one attached hydrogen (secondary N) is 1. The van der Waals surface area contributed by atoms with Gasteiger partial charge in [-0.15, -0.1) is 0 Å². The molecular formula is C31H22N2O4. The SMILES string of the molecule is Cc1ccc(-c2nc3cc(NC(=O)c4ccc(-c5cc6ccccc6oc5=O)cc4)ccc3o2)c(C)c1. The van der Waals surface area contributed by atoms with E-state index >= 15 is 0 Å². The number of fused-ring (bicyclic) bond motifs is 2. The van der Waals surface area contributed by atoms with Crippen LogP contribution in [-0.2, 0) is 0 Å². The van der Waals surface area contributed by atoms with Crippen molar-refractivity contribution in [1.82, 2.24) is 4.98 Å². The molecule has 180 valence electrons. The van der Waals surface area contributed by atoms with Gasteiger partial charge >= 0.3 is 5.63 Å². The molecule has 1 amide bonds. The van der Waals surface area contributed by atoms with E-state index in [2.05, 4.69) is 16.4 Å². The van der Waals surface area contributed by atoms with E-state index in [9.17, 15) is 9.59 Å². The maximum atomic E-state index is 12.9. The number of rotatable bonds is 4. The monoisotopic (exact) mass is 486 g/mol. The van der Waals surface area contributed by atoms with Crippen LogP contribution < -0.4 is 10.9 Å². The Balaban J connectivity index is 1.23. The summed E-state index contributed by atoms with van der Waals surface area (Å²) in [6.45, 7) is 4.08. The number of para-hydroxylation sites is 1. The molecule has 4 aromatic carbocycles. The summed E-state index contributed by atoms with van der Waals surface area (Å²) in [5.74, 6) is 0.277. The molecule has 37 heavy (non-hydrogen) atoms. The number of aryl methyl sites for hydroxylation is 2. The molecule has 2 heterocycles. The normalized spacial score (nSPS) is 11.2. The van der Waals surface area contributed by atoms with Gasteiger partial charge in [-0.2, -0.15) is 0 Å². The fourth-order valence-electron chi connectivity index (χ4n) is 4.44. The van der Waals surface area contributed by atoms with Crippen molar-refractivity contribution in [1.29, 1.82) is 0 Å². The third-order valence-corrected chi connectivity index (χ3v) is 6.36. The van der Waals surface area contributed by atoms with Crippen molar-refractivity contribution in [3.8, 4) is 22.6 Å². The summed E-state index contributed by atoms with van der Waals surface area (Å²) in [7, 11) is 0. The molecule has 0 saturated heterocycles. The predicted octanol–water partition coefficient (Wildman–Crippen LogP) is 7.14. The first kappa shape index (κ1) is 22.5. The summed E-state index contributed by atoms with van der Waals surface area (Å²) in [4.78, 5) is 30.0. The number of nitrogens with zero attached hydrogens (tertiary/aromatic N) is 1. The van der Waals surface area contributed by atoms with Crippen molar-refractivity contribution in [2.45, 2.75) is 13.8 Å². The minimum Gasteiger partial charge on any atom is -0.436 e. The lowest BCUT2D eigenvalue weighted by molar-refractivity contribution is 0.102. The molecule has 0 atom stereocenters. The second kappa shape index (κ2) is 8.91. The van der Waals surface area contributed by atoms with Crippen LogP contribution in [-0.4, -0.2) is 10.9 Å². The number of anilines is 1. The van der Waals surface area contributed by atoms with Crippen molar-refractivity contribution in [2.24, 2.45) is 0 Å². The molecule has 0 aliphatic carbocycles. The van der Waals surface area contributed by atoms with Gasteiger partial charge in [0, 0.05) is 22.2 Å². The van der Waals surface area contributed by atoms with Crippen molar-refractivity contribution in [3.05, 3.63) is 118 Å². The Kier molecular flexibility index (Phi) is 5.42. The molecule has 0 radical (unpaired) electrons. The molecule has 0 aliphatic rings. The molecule has 6 heteroatoms. The van der Waals surface area contributed by atoms with Gasteiger partial charge in [0.05, 0.1) is 5.56 Å². The zero-order chi connectivity index (χ0) is 25.5. The molecule has 0 unspecified atom stereocenters. The van der Waals surface area contributed by atoms with E-state index in [1.165, 1.54) is 5.56 Å². The minimum absolute atomic E-state index is 0.269. The summed E-state index contributed by atoms with van der Waals surface area (Å²) < 4.78 is 11.4. The molecular weight excluding hydrogens is 464 g/mol. The Morgan fingerprint density at radius 2 is 1.59 bits per heavy atom. The molecule has 0 fully saturated rings. The Bertz CT molecular complexity index is 1860. The maximum Gasteiger partial charge on any atom is 0.344 e. The van der Waals surface area contributed by atoms with Crippen LogP contribution in [0.1, 0.15) is 21.5 Å². The number of carbonyl (C=O) groups is 1. The number of oxazole rings is 1. The van der Waals surface area contributed by atoms with Gasteiger partial charge in [-0.3, -0.25) is 4.79 Å². The van der Waals surface area contributed by atoms with E-state index in [0.717, 1.165) is 16.5 Å². The molecule has 0 spiro atoms. The number of carbonyl (C=O) groups excluding carboxylic acids is 1. The molecule has 6 aromatic rings. The van der Waals surface area contributed by atoms with Crippen LogP contribution in [0.4, 0.5) is 5.69 Å². The van der Waals surface area contributed by atoms with E-state index in [1.807, 2.05) is 44.2 Å². The van der Waals surface area contributed by atoms with Gasteiger partial charge in [0.1, 0.15) is 11.1 Å². The van der Waals surface area contributed by atoms with Crippen LogP contribution in [0.3, 0.4) is 0 Å². The standard InChI is InChI=1S/C31H22N2O4/c1-18-7-13-24(19(2)15-18)30-33-26-17-23(12-14-28(26)36-30)32-29(34)21-10-8-20(9-11-21)25-16-22-5-3-4-6-27(22)37-31(25)35/h3-17H,1-2H3,(H,32,34). The Morgan fingerprint density at radius 1 is 0.784 bits per heavy atom. The van der Waals surface area contributed by atoms with E-state index in [4.69, 9.17) is 8.83 Å². The third-order valence-electron chi connectivity index (χ3n) is 6.36. The zero-order valence-electron chi connectivity index (χ0n) is 20.2. The molecule has 2 aromatic heterocycles. The summed E-state index contributed by atoms with van der Waals surface area (Å²) in [6, 6.07) is 27.5. The summed E-state index contributed by atoms with van der Waals surface area (Å²) in [5.41, 5.74) is 6.82. The van der Waals surface area contributed by atoms with Crippen LogP contribution in [0.25, 0.3) is 44.7 Å². The van der Waals surface area contributed by atoms with Crippen LogP contribution in [0.15, 0.2) is 105 Å². The number of benzene rings is 4. The molecule has 6 nitrogen and oxygen atoms in total. The van der Waals surface area contributed by atoms with Crippen LogP contribution >= 0.6 is 0 Å². The largest absolute Gasteiger partial charge is 0.436 e. The highest BCUT2D eigenvalue weighted by molar-refractivity contribution is 6.05. The summed E-state index contributed by atoms with van der Waals surface area (Å²) >= 11 is 0. The topological polar surface area (TPSA) is 85.3 Å². The van der Waals surface area contributed by atoms with Crippen molar-refractivity contribution in [2.75, 3.05) is 5.32 Å². The number of hydrogen-bond donors (Lipinski definition) is 1. The van der Waals surface area contributed by atoms with Crippen molar-refractivity contribution >= 4 is 33.7 Å². The fourth-order valence-corrected chi connectivity index (χ4v) is 4.44. The Labute approximate surface area is 212 Å². The maximum absolute atomic E-state index is 12.9. The van der Waals surface area contributed by atoms with Crippen LogP contribution in [0.2, 0.25) is 0 Å². The van der Waals surface area contributed by atoms with Gasteiger partial charge < -0.3 is 14.2 Å². The van der Waals surface area contributed by atoms with Crippen molar-refractivity contribution < 1.29 is 13.6 Å². The second-order valence-electron chi connectivity index (χ2n) is 9.04. The smallest absolute Gasteiger partial charge is 0.344 e. The molecule has 6 rings (SSSR count). The summed E-state index contributed by atoms with van der Waals surface area (Å²) in [5, 5.41) is 3.75. The lowest BCUT2D eigenvalue weighted by Gasteiger charge is -2.07. The highest BCUT2D eigenvalue weighted by Gasteiger charge is 2.14. The first-order valence-electron chi connectivity index (χ1n) is 11.9. The average molecular weight is 487 g/mol. The summed E-state index contributed by atoms with van der Waals surface area (Å²) in [6.07, 6.45) is 0. The lowest BCUT2D eigenvalue weighted by Crippen LogP contribution is -2.11. The minimum atomic E-state index is -0.419. The van der Waals surface area contributed by atoms with Gasteiger partial charge in [0.15, 0.2) is 5.58 Å². The van der Waals surface area contributed by atoms with E-state index in [0.29, 0.717) is 45.0 Å². The number of amides is 1. The van der Waals surface area contributed by atoms with Crippen LogP contribution in [0, 0.1) is 13.8 Å². The van der Waals surface area contributed by atoms with Crippen LogP contribution in [0.5, 0.6) is 0 Å². The van der Waals surface area contributed by atoms with Gasteiger partial charge in [0.2, 0.25) is 5.89 Å². The highest BCUT2D eigenvalue weighted by Crippen LogP contribution is 2.29. The molecule has 0 aliphatic heterocycles. The van der Waals surface area contributed by atoms with Gasteiger partial charge in [0.25, 0.3) is 5.91 Å². The lowest BCUT2D eigenvalue weighted by atomic mass is 10.0. The highest BCUT2D eigenvalue weighted by atomic mass is 16.4. The number of hydrogen-bond acceptors (Lipinski definition) is 5. The van der Waals surface area contributed by atoms with Gasteiger partial charge in [-0.25, -0.2) is 9.78 Å². The zero-order valence-corrected chi connectivity index (χ0v) is 20.2. The van der Waals surface area contributed by atoms with Gasteiger partial charge in [-0.05, 0) is 73.5 Å². The second-order valence-corrected chi connectivity index (χ2v) is 9.04. The Morgan fingerprint density at radius 3 is 2.41 bits per heavy atom. The molecule has 0 saturated carbocycles. The van der Waals surface area contributed by atoms with E-state index in [-0.39, 0.29) is 5.91 Å². The molecule has 0 bridgehead atoms. The third kappa shape index (κ3) is 4.29. The molecule has 1 N–H and O–H groups in total. The predicted molar refractivity (Wildman–Crippen MR) is 145 cm³/mol. The first-order valence-corrected chi connectivity index (χ1v) is 11.9. The quantitative estimate of drug-likeness (QED) is 0.268. The number of aromatic nitrogens is 1.